The maximum absolute atomic E-state index is 12.0. The highest BCUT2D eigenvalue weighted by Crippen LogP contribution is 2.16. The number of hydrogen-bond acceptors (Lipinski definition) is 4. The fourth-order valence-electron chi connectivity index (χ4n) is 2.28. The van der Waals surface area contributed by atoms with Gasteiger partial charge in [0.2, 0.25) is 0 Å². The molecule has 0 atom stereocenters. The Morgan fingerprint density at radius 2 is 1.80 bits per heavy atom. The molecule has 0 radical (unpaired) electrons. The number of rotatable bonds is 5. The number of aromatic nitrogens is 2. The Morgan fingerprint density at radius 1 is 1.04 bits per heavy atom. The van der Waals surface area contributed by atoms with Gasteiger partial charge in [-0.2, -0.15) is 0 Å². The summed E-state index contributed by atoms with van der Waals surface area (Å²) in [4.78, 5) is 20.5. The number of hydrogen-bond donors (Lipinski definition) is 2. The van der Waals surface area contributed by atoms with E-state index in [1.54, 1.807) is 31.4 Å². The van der Waals surface area contributed by atoms with Crippen LogP contribution >= 0.6 is 0 Å². The lowest BCUT2D eigenvalue weighted by Gasteiger charge is -2.08. The Kier molecular flexibility index (Phi) is 5.21. The van der Waals surface area contributed by atoms with Crippen LogP contribution in [0.3, 0.4) is 0 Å². The van der Waals surface area contributed by atoms with Crippen molar-refractivity contribution < 1.29 is 9.53 Å². The van der Waals surface area contributed by atoms with E-state index in [9.17, 15) is 4.79 Å². The van der Waals surface area contributed by atoms with Crippen molar-refractivity contribution >= 4 is 11.7 Å². The lowest BCUT2D eigenvalue weighted by molar-refractivity contribution is 0.251. The molecule has 0 spiro atoms. The first-order valence-electron chi connectivity index (χ1n) is 7.80. The lowest BCUT2D eigenvalue weighted by Crippen LogP contribution is -2.28. The molecule has 2 amide bonds. The predicted octanol–water partition coefficient (Wildman–Crippen LogP) is 3.47. The summed E-state index contributed by atoms with van der Waals surface area (Å²) >= 11 is 0. The average molecular weight is 334 g/mol. The first kappa shape index (κ1) is 16.4. The number of nitrogens with zero attached hydrogens (tertiary/aromatic N) is 2. The summed E-state index contributed by atoms with van der Waals surface area (Å²) in [5.41, 5.74) is 3.25. The number of urea groups is 1. The van der Waals surface area contributed by atoms with Crippen LogP contribution in [-0.4, -0.2) is 23.1 Å². The maximum atomic E-state index is 12.0. The van der Waals surface area contributed by atoms with Crippen LogP contribution < -0.4 is 15.4 Å². The molecule has 0 aliphatic rings. The first-order valence-corrected chi connectivity index (χ1v) is 7.80. The van der Waals surface area contributed by atoms with Crippen molar-refractivity contribution in [2.75, 3.05) is 12.4 Å². The Balaban J connectivity index is 1.58. The Labute approximate surface area is 145 Å². The van der Waals surface area contributed by atoms with Gasteiger partial charge in [-0.25, -0.2) is 14.8 Å². The standard InChI is InChI=1S/C19H18N4O2/c1-25-17-9-7-15(8-10-17)23-19(24)20-12-16-11-18(22-13-21-16)14-5-3-2-4-6-14/h2-11,13H,12H2,1H3,(H2,20,23,24). The van der Waals surface area contributed by atoms with Crippen molar-refractivity contribution in [3.8, 4) is 17.0 Å². The van der Waals surface area contributed by atoms with Gasteiger partial charge in [-0.1, -0.05) is 30.3 Å². The molecule has 25 heavy (non-hydrogen) atoms. The molecule has 0 unspecified atom stereocenters. The summed E-state index contributed by atoms with van der Waals surface area (Å²) in [6.07, 6.45) is 1.50. The van der Waals surface area contributed by atoms with Crippen LogP contribution in [-0.2, 0) is 6.54 Å². The molecule has 2 N–H and O–H groups in total. The van der Waals surface area contributed by atoms with E-state index in [1.165, 1.54) is 6.33 Å². The van der Waals surface area contributed by atoms with Gasteiger partial charge in [0.25, 0.3) is 0 Å². The zero-order chi connectivity index (χ0) is 17.5. The quantitative estimate of drug-likeness (QED) is 0.749. The first-order chi connectivity index (χ1) is 12.2. The molecule has 1 aromatic heterocycles. The van der Waals surface area contributed by atoms with Crippen LogP contribution in [0.15, 0.2) is 67.0 Å². The second-order valence-electron chi connectivity index (χ2n) is 5.30. The van der Waals surface area contributed by atoms with Crippen LogP contribution in [0.25, 0.3) is 11.3 Å². The molecule has 6 nitrogen and oxygen atoms in total. The zero-order valence-electron chi connectivity index (χ0n) is 13.8. The van der Waals surface area contributed by atoms with E-state index in [0.717, 1.165) is 22.7 Å². The van der Waals surface area contributed by atoms with Gasteiger partial charge in [0.05, 0.1) is 25.0 Å². The highest BCUT2D eigenvalue weighted by Gasteiger charge is 2.05. The van der Waals surface area contributed by atoms with Crippen LogP contribution in [0.1, 0.15) is 5.69 Å². The summed E-state index contributed by atoms with van der Waals surface area (Å²) in [5, 5.41) is 5.54. The Morgan fingerprint density at radius 3 is 2.52 bits per heavy atom. The van der Waals surface area contributed by atoms with Gasteiger partial charge in [0.1, 0.15) is 12.1 Å². The van der Waals surface area contributed by atoms with Gasteiger partial charge in [-0.05, 0) is 30.3 Å². The van der Waals surface area contributed by atoms with E-state index in [-0.39, 0.29) is 6.03 Å². The second kappa shape index (κ2) is 7.92. The maximum Gasteiger partial charge on any atom is 0.319 e. The third kappa shape index (κ3) is 4.54. The Hall–Kier alpha value is -3.41. The van der Waals surface area contributed by atoms with Crippen molar-refractivity contribution in [3.63, 3.8) is 0 Å². The van der Waals surface area contributed by atoms with Crippen LogP contribution in [0, 0.1) is 0 Å². The van der Waals surface area contributed by atoms with Crippen molar-refractivity contribution in [3.05, 3.63) is 72.7 Å². The monoisotopic (exact) mass is 334 g/mol. The summed E-state index contributed by atoms with van der Waals surface area (Å²) in [5.74, 6) is 0.736. The number of amides is 2. The summed E-state index contributed by atoms with van der Waals surface area (Å²) < 4.78 is 5.08. The minimum absolute atomic E-state index is 0.301. The average Bonchev–Trinajstić information content (AvgIpc) is 2.68. The van der Waals surface area contributed by atoms with Gasteiger partial charge >= 0.3 is 6.03 Å². The molecule has 0 bridgehead atoms. The third-order valence-corrected chi connectivity index (χ3v) is 3.57. The number of benzene rings is 2. The van der Waals surface area contributed by atoms with Gasteiger partial charge < -0.3 is 15.4 Å². The number of methoxy groups -OCH3 is 1. The SMILES string of the molecule is COc1ccc(NC(=O)NCc2cc(-c3ccccc3)ncn2)cc1. The van der Waals surface area contributed by atoms with Crippen molar-refractivity contribution in [2.24, 2.45) is 0 Å². The van der Waals surface area contributed by atoms with Gasteiger partial charge in [0.15, 0.2) is 0 Å². The molecule has 3 aromatic rings. The van der Waals surface area contributed by atoms with E-state index in [4.69, 9.17) is 4.74 Å². The molecule has 2 aromatic carbocycles. The zero-order valence-corrected chi connectivity index (χ0v) is 13.8. The molecular weight excluding hydrogens is 316 g/mol. The largest absolute Gasteiger partial charge is 0.497 e. The molecule has 0 saturated heterocycles. The van der Waals surface area contributed by atoms with Gasteiger partial charge in [-0.15, -0.1) is 0 Å². The molecule has 3 rings (SSSR count). The topological polar surface area (TPSA) is 76.1 Å². The normalized spacial score (nSPS) is 10.1. The van der Waals surface area contributed by atoms with Crippen LogP contribution in [0.2, 0.25) is 0 Å². The van der Waals surface area contributed by atoms with Crippen molar-refractivity contribution in [1.29, 1.82) is 0 Å². The minimum Gasteiger partial charge on any atom is -0.497 e. The van der Waals surface area contributed by atoms with Crippen molar-refractivity contribution in [1.82, 2.24) is 15.3 Å². The second-order valence-corrected chi connectivity index (χ2v) is 5.30. The highest BCUT2D eigenvalue weighted by molar-refractivity contribution is 5.89. The fraction of sp³-hybridized carbons (Fsp3) is 0.105. The molecule has 0 aliphatic heterocycles. The number of carbonyl (C=O) groups is 1. The summed E-state index contributed by atoms with van der Waals surface area (Å²) in [6, 6.07) is 18.5. The molecule has 0 fully saturated rings. The lowest BCUT2D eigenvalue weighted by atomic mass is 10.1. The van der Waals surface area contributed by atoms with E-state index in [2.05, 4.69) is 20.6 Å². The van der Waals surface area contributed by atoms with Gasteiger partial charge in [-0.3, -0.25) is 0 Å². The minimum atomic E-state index is -0.301. The predicted molar refractivity (Wildman–Crippen MR) is 96.3 cm³/mol. The molecule has 1 heterocycles. The third-order valence-electron chi connectivity index (χ3n) is 3.57. The molecule has 0 saturated carbocycles. The van der Waals surface area contributed by atoms with E-state index in [1.807, 2.05) is 36.4 Å². The number of nitrogens with one attached hydrogen (secondary N) is 2. The number of carbonyl (C=O) groups excluding carboxylic acids is 1. The smallest absolute Gasteiger partial charge is 0.319 e. The van der Waals surface area contributed by atoms with E-state index < -0.39 is 0 Å². The number of ether oxygens (including phenoxy) is 1. The molecular formula is C19H18N4O2. The molecule has 6 heteroatoms. The molecule has 0 aliphatic carbocycles. The van der Waals surface area contributed by atoms with E-state index in [0.29, 0.717) is 12.2 Å². The van der Waals surface area contributed by atoms with Crippen molar-refractivity contribution in [2.45, 2.75) is 6.54 Å². The summed E-state index contributed by atoms with van der Waals surface area (Å²) in [7, 11) is 1.60. The summed E-state index contributed by atoms with van der Waals surface area (Å²) in [6.45, 7) is 0.310. The van der Waals surface area contributed by atoms with E-state index >= 15 is 0 Å². The van der Waals surface area contributed by atoms with Gasteiger partial charge in [0, 0.05) is 11.3 Å². The Bertz CT molecular complexity index is 836. The fourth-order valence-corrected chi connectivity index (χ4v) is 2.28. The molecule has 126 valence electrons. The highest BCUT2D eigenvalue weighted by atomic mass is 16.5. The van der Waals surface area contributed by atoms with Crippen LogP contribution in [0.4, 0.5) is 10.5 Å². The number of anilines is 1. The van der Waals surface area contributed by atoms with Crippen LogP contribution in [0.5, 0.6) is 5.75 Å².